The molecule has 0 saturated heterocycles. The lowest BCUT2D eigenvalue weighted by atomic mass is 10.2. The zero-order chi connectivity index (χ0) is 14.5. The van der Waals surface area contributed by atoms with E-state index in [4.69, 9.17) is 25.7 Å². The molecule has 0 unspecified atom stereocenters. The number of benzene rings is 2. The van der Waals surface area contributed by atoms with Gasteiger partial charge >= 0.3 is 0 Å². The van der Waals surface area contributed by atoms with E-state index in [0.717, 1.165) is 0 Å². The quantitative estimate of drug-likeness (QED) is 0.861. The van der Waals surface area contributed by atoms with Crippen molar-refractivity contribution in [3.05, 3.63) is 47.5 Å². The number of ether oxygens (including phenoxy) is 2. The summed E-state index contributed by atoms with van der Waals surface area (Å²) < 4.78 is 10.8. The van der Waals surface area contributed by atoms with Gasteiger partial charge in [-0.2, -0.15) is 10.5 Å². The van der Waals surface area contributed by atoms with Crippen molar-refractivity contribution in [2.24, 2.45) is 0 Å². The summed E-state index contributed by atoms with van der Waals surface area (Å²) in [5.41, 5.74) is 7.14. The van der Waals surface area contributed by atoms with Gasteiger partial charge in [-0.1, -0.05) is 0 Å². The van der Waals surface area contributed by atoms with Crippen LogP contribution >= 0.6 is 0 Å². The number of nitrogens with two attached hydrogens (primary N) is 1. The SMILES string of the molecule is COc1cc(C#N)ccc1Oc1cc(C#N)ccc1N. The Kier molecular flexibility index (Phi) is 3.74. The molecule has 5 heteroatoms. The van der Waals surface area contributed by atoms with E-state index in [9.17, 15) is 0 Å². The number of nitrogen functional groups attached to an aromatic ring is 1. The van der Waals surface area contributed by atoms with Gasteiger partial charge in [0.25, 0.3) is 0 Å². The standard InChI is InChI=1S/C15H11N3O2/c1-19-15-7-11(9-17)3-5-13(15)20-14-6-10(8-16)2-4-12(14)18/h2-7H,18H2,1H3. The molecule has 0 amide bonds. The second kappa shape index (κ2) is 5.64. The van der Waals surface area contributed by atoms with Crippen molar-refractivity contribution < 1.29 is 9.47 Å². The normalized spacial score (nSPS) is 9.35. The number of hydrogen-bond donors (Lipinski definition) is 1. The van der Waals surface area contributed by atoms with Crippen molar-refractivity contribution in [2.75, 3.05) is 12.8 Å². The fraction of sp³-hybridized carbons (Fsp3) is 0.0667. The molecular weight excluding hydrogens is 254 g/mol. The Morgan fingerprint density at radius 1 is 0.900 bits per heavy atom. The van der Waals surface area contributed by atoms with E-state index in [1.807, 2.05) is 12.1 Å². The molecule has 0 radical (unpaired) electrons. The van der Waals surface area contributed by atoms with Crippen molar-refractivity contribution in [3.63, 3.8) is 0 Å². The van der Waals surface area contributed by atoms with E-state index in [1.54, 1.807) is 36.4 Å². The maximum Gasteiger partial charge on any atom is 0.169 e. The van der Waals surface area contributed by atoms with Gasteiger partial charge in [0.15, 0.2) is 17.2 Å². The van der Waals surface area contributed by atoms with Crippen molar-refractivity contribution in [1.82, 2.24) is 0 Å². The minimum atomic E-state index is 0.368. The van der Waals surface area contributed by atoms with Crippen LogP contribution < -0.4 is 15.2 Å². The van der Waals surface area contributed by atoms with Gasteiger partial charge in [-0.15, -0.1) is 0 Å². The Bertz CT molecular complexity index is 727. The molecule has 0 bridgehead atoms. The first-order valence-corrected chi connectivity index (χ1v) is 5.73. The third kappa shape index (κ3) is 2.63. The molecule has 0 atom stereocenters. The number of nitriles is 2. The molecule has 0 aliphatic carbocycles. The van der Waals surface area contributed by atoms with Crippen LogP contribution in [-0.4, -0.2) is 7.11 Å². The Morgan fingerprint density at radius 2 is 1.50 bits per heavy atom. The molecular formula is C15H11N3O2. The van der Waals surface area contributed by atoms with Crippen LogP contribution in [0.5, 0.6) is 17.2 Å². The summed E-state index contributed by atoms with van der Waals surface area (Å²) in [4.78, 5) is 0. The number of anilines is 1. The van der Waals surface area contributed by atoms with Crippen LogP contribution in [0.3, 0.4) is 0 Å². The average molecular weight is 265 g/mol. The van der Waals surface area contributed by atoms with Crippen LogP contribution in [0.2, 0.25) is 0 Å². The van der Waals surface area contributed by atoms with E-state index in [2.05, 4.69) is 0 Å². The smallest absolute Gasteiger partial charge is 0.169 e. The molecule has 0 fully saturated rings. The highest BCUT2D eigenvalue weighted by Crippen LogP contribution is 2.35. The first-order valence-electron chi connectivity index (χ1n) is 5.73. The van der Waals surface area contributed by atoms with Crippen molar-refractivity contribution in [2.45, 2.75) is 0 Å². The minimum Gasteiger partial charge on any atom is -0.493 e. The van der Waals surface area contributed by atoms with Crippen molar-refractivity contribution in [1.29, 1.82) is 10.5 Å². The number of hydrogen-bond acceptors (Lipinski definition) is 5. The second-order valence-corrected chi connectivity index (χ2v) is 3.94. The molecule has 0 aliphatic heterocycles. The van der Waals surface area contributed by atoms with Crippen LogP contribution in [0.1, 0.15) is 11.1 Å². The molecule has 0 aliphatic rings. The fourth-order valence-electron chi connectivity index (χ4n) is 1.63. The molecule has 2 aromatic rings. The topological polar surface area (TPSA) is 92.1 Å². The van der Waals surface area contributed by atoms with Gasteiger partial charge in [0.05, 0.1) is 36.1 Å². The van der Waals surface area contributed by atoms with E-state index < -0.39 is 0 Å². The van der Waals surface area contributed by atoms with E-state index in [1.165, 1.54) is 7.11 Å². The lowest BCUT2D eigenvalue weighted by molar-refractivity contribution is 0.379. The molecule has 5 nitrogen and oxygen atoms in total. The molecule has 2 rings (SSSR count). The summed E-state index contributed by atoms with van der Waals surface area (Å²) in [5, 5.41) is 17.7. The Hall–Kier alpha value is -3.18. The minimum absolute atomic E-state index is 0.368. The van der Waals surface area contributed by atoms with E-state index >= 15 is 0 Å². The number of nitrogens with zero attached hydrogens (tertiary/aromatic N) is 2. The van der Waals surface area contributed by atoms with Gasteiger partial charge in [0.1, 0.15) is 0 Å². The maximum absolute atomic E-state index is 8.88. The highest BCUT2D eigenvalue weighted by Gasteiger charge is 2.09. The average Bonchev–Trinajstić information content (AvgIpc) is 2.49. The first-order chi connectivity index (χ1) is 9.67. The van der Waals surface area contributed by atoms with Crippen LogP contribution in [0.15, 0.2) is 36.4 Å². The largest absolute Gasteiger partial charge is 0.493 e. The zero-order valence-electron chi connectivity index (χ0n) is 10.8. The third-order valence-electron chi connectivity index (χ3n) is 2.66. The predicted molar refractivity (Wildman–Crippen MR) is 73.4 cm³/mol. The van der Waals surface area contributed by atoms with E-state index in [-0.39, 0.29) is 0 Å². The predicted octanol–water partition coefficient (Wildman–Crippen LogP) is 2.81. The monoisotopic (exact) mass is 265 g/mol. The summed E-state index contributed by atoms with van der Waals surface area (Å²) in [6.07, 6.45) is 0. The molecule has 0 spiro atoms. The van der Waals surface area contributed by atoms with Crippen LogP contribution in [0.4, 0.5) is 5.69 Å². The second-order valence-electron chi connectivity index (χ2n) is 3.94. The van der Waals surface area contributed by atoms with Crippen molar-refractivity contribution >= 4 is 5.69 Å². The molecule has 0 heterocycles. The summed E-state index contributed by atoms with van der Waals surface area (Å²) in [6.45, 7) is 0. The van der Waals surface area contributed by atoms with Gasteiger partial charge in [-0.3, -0.25) is 0 Å². The molecule has 0 aromatic heterocycles. The molecule has 98 valence electrons. The van der Waals surface area contributed by atoms with Gasteiger partial charge < -0.3 is 15.2 Å². The summed E-state index contributed by atoms with van der Waals surface area (Å²) >= 11 is 0. The van der Waals surface area contributed by atoms with Crippen LogP contribution in [0, 0.1) is 22.7 Å². The van der Waals surface area contributed by atoms with Crippen molar-refractivity contribution in [3.8, 4) is 29.4 Å². The molecule has 2 N–H and O–H groups in total. The lowest BCUT2D eigenvalue weighted by Gasteiger charge is -2.12. The maximum atomic E-state index is 8.88. The number of rotatable bonds is 3. The van der Waals surface area contributed by atoms with Crippen LogP contribution in [-0.2, 0) is 0 Å². The first kappa shape index (κ1) is 13.3. The third-order valence-corrected chi connectivity index (χ3v) is 2.66. The van der Waals surface area contributed by atoms with E-state index in [0.29, 0.717) is 34.1 Å². The van der Waals surface area contributed by atoms with Gasteiger partial charge in [-0.25, -0.2) is 0 Å². The Morgan fingerprint density at radius 3 is 2.10 bits per heavy atom. The number of methoxy groups -OCH3 is 1. The summed E-state index contributed by atoms with van der Waals surface area (Å²) in [6, 6.07) is 13.6. The zero-order valence-corrected chi connectivity index (χ0v) is 10.8. The van der Waals surface area contributed by atoms with Gasteiger partial charge in [0, 0.05) is 12.1 Å². The van der Waals surface area contributed by atoms with Crippen LogP contribution in [0.25, 0.3) is 0 Å². The van der Waals surface area contributed by atoms with Gasteiger partial charge in [0.2, 0.25) is 0 Å². The lowest BCUT2D eigenvalue weighted by Crippen LogP contribution is -1.95. The Balaban J connectivity index is 2.40. The summed E-state index contributed by atoms with van der Waals surface area (Å²) in [7, 11) is 1.48. The molecule has 2 aromatic carbocycles. The highest BCUT2D eigenvalue weighted by molar-refractivity contribution is 5.59. The highest BCUT2D eigenvalue weighted by atomic mass is 16.5. The molecule has 20 heavy (non-hydrogen) atoms. The Labute approximate surface area is 116 Å². The molecule has 0 saturated carbocycles. The van der Waals surface area contributed by atoms with Gasteiger partial charge in [-0.05, 0) is 24.3 Å². The summed E-state index contributed by atoms with van der Waals surface area (Å²) in [5.74, 6) is 1.21. The fourth-order valence-corrected chi connectivity index (χ4v) is 1.63.